The van der Waals surface area contributed by atoms with E-state index in [4.69, 9.17) is 9.47 Å². The number of amides is 1. The van der Waals surface area contributed by atoms with Crippen LogP contribution in [0.2, 0.25) is 0 Å². The molecule has 1 amide bonds. The van der Waals surface area contributed by atoms with Crippen LogP contribution in [0, 0.1) is 5.82 Å². The number of H-pyrrole nitrogens is 1. The Bertz CT molecular complexity index is 1130. The van der Waals surface area contributed by atoms with Gasteiger partial charge in [0, 0.05) is 36.0 Å². The zero-order chi connectivity index (χ0) is 20.2. The lowest BCUT2D eigenvalue weighted by Crippen LogP contribution is -2.50. The first-order valence-corrected chi connectivity index (χ1v) is 9.92. The Hall–Kier alpha value is -3.39. The van der Waals surface area contributed by atoms with Crippen molar-refractivity contribution in [3.05, 3.63) is 60.0 Å². The topological polar surface area (TPSA) is 70.7 Å². The van der Waals surface area contributed by atoms with E-state index in [-0.39, 0.29) is 30.6 Å². The number of piperazine rings is 1. The average molecular weight is 406 g/mol. The highest BCUT2D eigenvalue weighted by Crippen LogP contribution is 2.41. The molecule has 0 spiro atoms. The zero-order valence-electron chi connectivity index (χ0n) is 16.0. The number of hydrogen-bond acceptors (Lipinski definition) is 5. The molecular weight excluding hydrogens is 387 g/mol. The van der Waals surface area contributed by atoms with Gasteiger partial charge in [-0.25, -0.2) is 4.39 Å². The van der Waals surface area contributed by atoms with Crippen LogP contribution in [0.3, 0.4) is 0 Å². The van der Waals surface area contributed by atoms with Crippen molar-refractivity contribution in [1.82, 2.24) is 15.1 Å². The monoisotopic (exact) mass is 406 g/mol. The molecule has 7 nitrogen and oxygen atoms in total. The molecule has 0 saturated carbocycles. The third kappa shape index (κ3) is 2.68. The van der Waals surface area contributed by atoms with E-state index in [0.717, 1.165) is 35.5 Å². The SMILES string of the molecule is O=C1[C@@H]2C[C@@H](CN2Cc2cn[nH]c2-c2ccc(F)cc2)N1c1ccc2c(c1)OCO2. The Kier molecular flexibility index (Phi) is 3.82. The van der Waals surface area contributed by atoms with Crippen LogP contribution >= 0.6 is 0 Å². The van der Waals surface area contributed by atoms with Crippen LogP contribution in [-0.4, -0.2) is 46.4 Å². The highest BCUT2D eigenvalue weighted by Gasteiger charge is 2.50. The van der Waals surface area contributed by atoms with Crippen LogP contribution in [-0.2, 0) is 11.3 Å². The van der Waals surface area contributed by atoms with Crippen molar-refractivity contribution < 1.29 is 18.7 Å². The molecule has 2 atom stereocenters. The largest absolute Gasteiger partial charge is 0.454 e. The Balaban J connectivity index is 1.21. The quantitative estimate of drug-likeness (QED) is 0.722. The number of hydrogen-bond donors (Lipinski definition) is 1. The van der Waals surface area contributed by atoms with Gasteiger partial charge in [-0.1, -0.05) is 0 Å². The van der Waals surface area contributed by atoms with Crippen LogP contribution in [0.5, 0.6) is 11.5 Å². The van der Waals surface area contributed by atoms with Gasteiger partial charge in [0.25, 0.3) is 0 Å². The van der Waals surface area contributed by atoms with E-state index in [9.17, 15) is 9.18 Å². The number of rotatable bonds is 4. The molecule has 1 aromatic heterocycles. The van der Waals surface area contributed by atoms with Gasteiger partial charge in [-0.05, 0) is 42.8 Å². The van der Waals surface area contributed by atoms with Crippen molar-refractivity contribution in [2.45, 2.75) is 25.0 Å². The maximum Gasteiger partial charge on any atom is 0.244 e. The molecule has 6 rings (SSSR count). The third-order valence-electron chi connectivity index (χ3n) is 6.13. The van der Waals surface area contributed by atoms with Crippen molar-refractivity contribution in [2.24, 2.45) is 0 Å². The zero-order valence-corrected chi connectivity index (χ0v) is 16.0. The van der Waals surface area contributed by atoms with E-state index < -0.39 is 0 Å². The summed E-state index contributed by atoms with van der Waals surface area (Å²) in [7, 11) is 0. The fourth-order valence-electron chi connectivity index (χ4n) is 4.73. The Labute approximate surface area is 172 Å². The molecule has 4 heterocycles. The van der Waals surface area contributed by atoms with Gasteiger partial charge < -0.3 is 14.4 Å². The third-order valence-corrected chi connectivity index (χ3v) is 6.13. The molecule has 152 valence electrons. The van der Waals surface area contributed by atoms with E-state index in [1.165, 1.54) is 12.1 Å². The Morgan fingerprint density at radius 3 is 2.80 bits per heavy atom. The highest BCUT2D eigenvalue weighted by molar-refractivity contribution is 6.01. The van der Waals surface area contributed by atoms with E-state index in [2.05, 4.69) is 15.1 Å². The lowest BCUT2D eigenvalue weighted by Gasteiger charge is -2.33. The molecule has 1 N–H and O–H groups in total. The van der Waals surface area contributed by atoms with Gasteiger partial charge in [-0.2, -0.15) is 5.10 Å². The minimum Gasteiger partial charge on any atom is -0.454 e. The molecule has 30 heavy (non-hydrogen) atoms. The fourth-order valence-corrected chi connectivity index (χ4v) is 4.73. The van der Waals surface area contributed by atoms with Crippen molar-refractivity contribution in [2.75, 3.05) is 18.2 Å². The first kappa shape index (κ1) is 17.5. The van der Waals surface area contributed by atoms with Crippen LogP contribution in [0.15, 0.2) is 48.7 Å². The van der Waals surface area contributed by atoms with E-state index in [1.807, 2.05) is 23.1 Å². The van der Waals surface area contributed by atoms with Crippen molar-refractivity contribution in [1.29, 1.82) is 0 Å². The van der Waals surface area contributed by atoms with Gasteiger partial charge >= 0.3 is 0 Å². The summed E-state index contributed by atoms with van der Waals surface area (Å²) < 4.78 is 24.1. The number of carbonyl (C=O) groups is 1. The van der Waals surface area contributed by atoms with Gasteiger partial charge in [-0.3, -0.25) is 14.8 Å². The smallest absolute Gasteiger partial charge is 0.244 e. The summed E-state index contributed by atoms with van der Waals surface area (Å²) in [6, 6.07) is 12.0. The molecule has 2 aromatic carbocycles. The van der Waals surface area contributed by atoms with Crippen molar-refractivity contribution in [3.63, 3.8) is 0 Å². The minimum atomic E-state index is -0.272. The lowest BCUT2D eigenvalue weighted by molar-refractivity contribution is -0.122. The van der Waals surface area contributed by atoms with Gasteiger partial charge in [0.1, 0.15) is 5.82 Å². The summed E-state index contributed by atoms with van der Waals surface area (Å²) in [5.74, 6) is 1.23. The normalized spacial score (nSPS) is 22.3. The summed E-state index contributed by atoms with van der Waals surface area (Å²) in [6.07, 6.45) is 2.59. The summed E-state index contributed by atoms with van der Waals surface area (Å²) in [5, 5.41) is 7.18. The molecule has 8 heteroatoms. The standard InChI is InChI=1S/C22H19FN4O3/c23-15-3-1-13(2-4-15)21-14(9-24-25-21)10-26-11-17-7-18(26)22(28)27(17)16-5-6-19-20(8-16)30-12-29-19/h1-6,8-9,17-18H,7,10-12H2,(H,24,25)/t17-,18-/m0/s1. The summed E-state index contributed by atoms with van der Waals surface area (Å²) in [4.78, 5) is 17.2. The second kappa shape index (κ2) is 6.56. The predicted octanol–water partition coefficient (Wildman–Crippen LogP) is 2.93. The summed E-state index contributed by atoms with van der Waals surface area (Å²) in [6.45, 7) is 1.62. The van der Waals surface area contributed by atoms with Crippen LogP contribution in [0.4, 0.5) is 10.1 Å². The molecule has 0 radical (unpaired) electrons. The number of aromatic amines is 1. The second-order valence-corrected chi connectivity index (χ2v) is 7.86. The van der Waals surface area contributed by atoms with Crippen LogP contribution in [0.25, 0.3) is 11.3 Å². The Morgan fingerprint density at radius 2 is 1.97 bits per heavy atom. The van der Waals surface area contributed by atoms with Gasteiger partial charge in [0.05, 0.1) is 24.0 Å². The Morgan fingerprint density at radius 1 is 1.13 bits per heavy atom. The molecule has 3 aliphatic heterocycles. The molecule has 3 aliphatic rings. The number of halogens is 1. The van der Waals surface area contributed by atoms with Crippen molar-refractivity contribution >= 4 is 11.6 Å². The lowest BCUT2D eigenvalue weighted by atomic mass is 10.1. The maximum atomic E-state index is 13.3. The van der Waals surface area contributed by atoms with Crippen LogP contribution in [0.1, 0.15) is 12.0 Å². The summed E-state index contributed by atoms with van der Waals surface area (Å²) >= 11 is 0. The minimum absolute atomic E-state index is 0.108. The number of aromatic nitrogens is 2. The van der Waals surface area contributed by atoms with E-state index >= 15 is 0 Å². The number of nitrogens with zero attached hydrogens (tertiary/aromatic N) is 3. The fraction of sp³-hybridized carbons (Fsp3) is 0.273. The number of carbonyl (C=O) groups excluding carboxylic acids is 1. The highest BCUT2D eigenvalue weighted by atomic mass is 19.1. The van der Waals surface area contributed by atoms with Gasteiger partial charge in [0.2, 0.25) is 12.7 Å². The summed E-state index contributed by atoms with van der Waals surface area (Å²) in [5.41, 5.74) is 3.59. The number of benzene rings is 2. The molecule has 0 aliphatic carbocycles. The maximum absolute atomic E-state index is 13.3. The molecule has 2 fully saturated rings. The first-order valence-electron chi connectivity index (χ1n) is 9.92. The van der Waals surface area contributed by atoms with Crippen LogP contribution < -0.4 is 14.4 Å². The molecule has 3 aromatic rings. The molecule has 2 saturated heterocycles. The van der Waals surface area contributed by atoms with Gasteiger partial charge in [-0.15, -0.1) is 0 Å². The number of anilines is 1. The predicted molar refractivity (Wildman–Crippen MR) is 107 cm³/mol. The van der Waals surface area contributed by atoms with Crippen molar-refractivity contribution in [3.8, 4) is 22.8 Å². The average Bonchev–Trinajstić information content (AvgIpc) is 3.52. The number of ether oxygens (including phenoxy) is 2. The molecule has 2 bridgehead atoms. The second-order valence-electron chi connectivity index (χ2n) is 7.86. The van der Waals surface area contributed by atoms with Gasteiger partial charge in [0.15, 0.2) is 11.5 Å². The molecule has 0 unspecified atom stereocenters. The number of fused-ring (bicyclic) bond motifs is 3. The van der Waals surface area contributed by atoms with E-state index in [0.29, 0.717) is 18.0 Å². The number of likely N-dealkylation sites (tertiary alicyclic amines) is 1. The number of nitrogens with one attached hydrogen (secondary N) is 1. The molecular formula is C22H19FN4O3. The van der Waals surface area contributed by atoms with E-state index in [1.54, 1.807) is 18.3 Å². The first-order chi connectivity index (χ1) is 14.7.